The van der Waals surface area contributed by atoms with Gasteiger partial charge in [0.15, 0.2) is 0 Å². The first-order valence-electron chi connectivity index (χ1n) is 3.78. The highest BCUT2D eigenvalue weighted by atomic mass is 35.5. The first-order chi connectivity index (χ1) is 7.04. The maximum Gasteiger partial charge on any atom is 0.286 e. The second-order valence-corrected chi connectivity index (χ2v) is 2.94. The Hall–Kier alpha value is -1.66. The Morgan fingerprint density at radius 3 is 2.73 bits per heavy atom. The van der Waals surface area contributed by atoms with Crippen LogP contribution in [0.2, 0.25) is 5.02 Å². The van der Waals surface area contributed by atoms with Crippen molar-refractivity contribution >= 4 is 29.0 Å². The van der Waals surface area contributed by atoms with Gasteiger partial charge < -0.3 is 5.73 Å². The predicted octanol–water partition coefficient (Wildman–Crippen LogP) is 0.973. The third-order valence-electron chi connectivity index (χ3n) is 1.48. The predicted molar refractivity (Wildman–Crippen MR) is 52.6 cm³/mol. The van der Waals surface area contributed by atoms with Crippen LogP contribution in [0.4, 0.5) is 10.1 Å². The average Bonchev–Trinajstić information content (AvgIpc) is 2.19. The van der Waals surface area contributed by atoms with Crippen molar-refractivity contribution in [2.45, 2.75) is 0 Å². The number of benzene rings is 1. The van der Waals surface area contributed by atoms with E-state index in [1.807, 2.05) is 0 Å². The van der Waals surface area contributed by atoms with E-state index in [1.165, 1.54) is 17.6 Å². The maximum absolute atomic E-state index is 12.7. The van der Waals surface area contributed by atoms with Gasteiger partial charge in [-0.3, -0.25) is 10.0 Å². The van der Waals surface area contributed by atoms with E-state index in [0.717, 1.165) is 6.07 Å². The van der Waals surface area contributed by atoms with E-state index in [9.17, 15) is 9.18 Å². The Bertz CT molecular complexity index is 422. The molecule has 0 aromatic heterocycles. The molecule has 7 heteroatoms. The van der Waals surface area contributed by atoms with Crippen LogP contribution in [0.1, 0.15) is 0 Å². The second-order valence-electron chi connectivity index (χ2n) is 2.53. The molecule has 0 atom stereocenters. The fourth-order valence-corrected chi connectivity index (χ4v) is 0.994. The Balaban J connectivity index is 3.07. The van der Waals surface area contributed by atoms with Gasteiger partial charge in [-0.15, -0.1) is 0 Å². The topological polar surface area (TPSA) is 87.7 Å². The highest BCUT2D eigenvalue weighted by Gasteiger charge is 2.06. The van der Waals surface area contributed by atoms with Crippen LogP contribution in [0.3, 0.4) is 0 Å². The SMILES string of the molecule is NC(=O)C(=Nc1ccc(F)c(Cl)c1)NO. The Kier molecular flexibility index (Phi) is 3.59. The highest BCUT2D eigenvalue weighted by Crippen LogP contribution is 2.21. The van der Waals surface area contributed by atoms with Crippen molar-refractivity contribution < 1.29 is 14.4 Å². The van der Waals surface area contributed by atoms with Crippen molar-refractivity contribution in [1.82, 2.24) is 5.48 Å². The van der Waals surface area contributed by atoms with Crippen LogP contribution in [-0.4, -0.2) is 17.0 Å². The third-order valence-corrected chi connectivity index (χ3v) is 1.77. The fraction of sp³-hybridized carbons (Fsp3) is 0. The van der Waals surface area contributed by atoms with Crippen molar-refractivity contribution in [3.63, 3.8) is 0 Å². The molecule has 1 aromatic rings. The van der Waals surface area contributed by atoms with Gasteiger partial charge in [0.1, 0.15) is 5.82 Å². The molecule has 0 bridgehead atoms. The average molecular weight is 232 g/mol. The number of carbonyl (C=O) groups excluding carboxylic acids is 1. The summed E-state index contributed by atoms with van der Waals surface area (Å²) in [7, 11) is 0. The fourth-order valence-electron chi connectivity index (χ4n) is 0.819. The van der Waals surface area contributed by atoms with E-state index >= 15 is 0 Å². The van der Waals surface area contributed by atoms with Crippen molar-refractivity contribution in [2.75, 3.05) is 0 Å². The minimum absolute atomic E-state index is 0.141. The number of nitrogens with two attached hydrogens (primary N) is 1. The minimum Gasteiger partial charge on any atom is -0.363 e. The second kappa shape index (κ2) is 4.72. The molecule has 0 spiro atoms. The van der Waals surface area contributed by atoms with Gasteiger partial charge in [0, 0.05) is 0 Å². The number of amides is 1. The number of hydroxylamine groups is 1. The summed E-state index contributed by atoms with van der Waals surface area (Å²) >= 11 is 5.48. The molecular weight excluding hydrogens is 225 g/mol. The molecule has 0 aliphatic rings. The van der Waals surface area contributed by atoms with E-state index in [-0.39, 0.29) is 10.7 Å². The van der Waals surface area contributed by atoms with E-state index in [4.69, 9.17) is 22.5 Å². The molecule has 1 aromatic carbocycles. The van der Waals surface area contributed by atoms with Gasteiger partial charge in [-0.2, -0.15) is 0 Å². The molecule has 15 heavy (non-hydrogen) atoms. The zero-order chi connectivity index (χ0) is 11.4. The molecule has 1 rings (SSSR count). The molecule has 1 amide bonds. The van der Waals surface area contributed by atoms with E-state index in [2.05, 4.69) is 4.99 Å². The Morgan fingerprint density at radius 1 is 1.60 bits per heavy atom. The molecule has 0 radical (unpaired) electrons. The first kappa shape index (κ1) is 11.4. The summed E-state index contributed by atoms with van der Waals surface area (Å²) in [5.74, 6) is -2.01. The lowest BCUT2D eigenvalue weighted by Crippen LogP contribution is -2.33. The monoisotopic (exact) mass is 231 g/mol. The first-order valence-corrected chi connectivity index (χ1v) is 4.16. The van der Waals surface area contributed by atoms with Gasteiger partial charge in [0.05, 0.1) is 10.7 Å². The summed E-state index contributed by atoms with van der Waals surface area (Å²) in [4.78, 5) is 14.3. The van der Waals surface area contributed by atoms with E-state index < -0.39 is 17.6 Å². The minimum atomic E-state index is -0.946. The molecule has 0 saturated heterocycles. The van der Waals surface area contributed by atoms with Crippen LogP contribution >= 0.6 is 11.6 Å². The molecule has 80 valence electrons. The molecule has 0 aliphatic carbocycles. The number of carbonyl (C=O) groups is 1. The molecule has 4 N–H and O–H groups in total. The number of nitrogens with one attached hydrogen (secondary N) is 1. The number of aliphatic imine (C=N–C) groups is 1. The van der Waals surface area contributed by atoms with Crippen molar-refractivity contribution in [3.05, 3.63) is 29.0 Å². The summed E-state index contributed by atoms with van der Waals surface area (Å²) in [6.45, 7) is 0. The number of hydrogen-bond acceptors (Lipinski definition) is 3. The molecular formula is C8H7ClFN3O2. The lowest BCUT2D eigenvalue weighted by molar-refractivity contribution is -0.112. The van der Waals surface area contributed by atoms with Gasteiger partial charge in [-0.25, -0.2) is 14.9 Å². The largest absolute Gasteiger partial charge is 0.363 e. The Morgan fingerprint density at radius 2 is 2.27 bits per heavy atom. The number of amidine groups is 1. The summed E-state index contributed by atoms with van der Waals surface area (Å²) in [6, 6.07) is 3.55. The van der Waals surface area contributed by atoms with Crippen molar-refractivity contribution in [1.29, 1.82) is 0 Å². The normalized spacial score (nSPS) is 11.3. The third kappa shape index (κ3) is 2.90. The lowest BCUT2D eigenvalue weighted by atomic mass is 10.3. The quantitative estimate of drug-likeness (QED) is 0.382. The van der Waals surface area contributed by atoms with Crippen LogP contribution in [0.15, 0.2) is 23.2 Å². The standard InChI is InChI=1S/C8H7ClFN3O2/c9-5-3-4(1-2-6(5)10)12-8(13-15)7(11)14/h1-3,15H,(H2,11,14)(H,12,13). The van der Waals surface area contributed by atoms with Gasteiger partial charge in [-0.05, 0) is 18.2 Å². The number of rotatable bonds is 1. The summed E-state index contributed by atoms with van der Waals surface area (Å²) in [6.07, 6.45) is 0. The van der Waals surface area contributed by atoms with E-state index in [0.29, 0.717) is 0 Å². The van der Waals surface area contributed by atoms with Crippen molar-refractivity contribution in [3.8, 4) is 0 Å². The Labute approximate surface area is 89.3 Å². The lowest BCUT2D eigenvalue weighted by Gasteiger charge is -2.00. The van der Waals surface area contributed by atoms with Gasteiger partial charge in [0.25, 0.3) is 5.91 Å². The summed E-state index contributed by atoms with van der Waals surface area (Å²) < 4.78 is 12.7. The molecule has 0 aliphatic heterocycles. The number of primary amides is 1. The highest BCUT2D eigenvalue weighted by molar-refractivity contribution is 6.37. The van der Waals surface area contributed by atoms with Crippen LogP contribution in [0, 0.1) is 5.82 Å². The number of hydrogen-bond donors (Lipinski definition) is 3. The van der Waals surface area contributed by atoms with Gasteiger partial charge in [0.2, 0.25) is 5.84 Å². The van der Waals surface area contributed by atoms with Crippen LogP contribution in [0.5, 0.6) is 0 Å². The summed E-state index contributed by atoms with van der Waals surface area (Å²) in [5, 5.41) is 8.35. The number of nitrogens with zero attached hydrogens (tertiary/aromatic N) is 1. The van der Waals surface area contributed by atoms with Gasteiger partial charge >= 0.3 is 0 Å². The zero-order valence-electron chi connectivity index (χ0n) is 7.37. The maximum atomic E-state index is 12.7. The molecule has 0 saturated carbocycles. The zero-order valence-corrected chi connectivity index (χ0v) is 8.12. The van der Waals surface area contributed by atoms with Gasteiger partial charge in [-0.1, -0.05) is 11.6 Å². The molecule has 0 heterocycles. The van der Waals surface area contributed by atoms with Crippen LogP contribution in [-0.2, 0) is 4.79 Å². The van der Waals surface area contributed by atoms with Crippen molar-refractivity contribution in [2.24, 2.45) is 10.7 Å². The molecule has 0 fully saturated rings. The smallest absolute Gasteiger partial charge is 0.286 e. The number of halogens is 2. The molecule has 0 unspecified atom stereocenters. The molecule has 5 nitrogen and oxygen atoms in total. The van der Waals surface area contributed by atoms with Crippen LogP contribution < -0.4 is 11.2 Å². The van der Waals surface area contributed by atoms with Crippen LogP contribution in [0.25, 0.3) is 0 Å². The van der Waals surface area contributed by atoms with E-state index in [1.54, 1.807) is 0 Å². The summed E-state index contributed by atoms with van der Waals surface area (Å²) in [5.41, 5.74) is 6.58.